The summed E-state index contributed by atoms with van der Waals surface area (Å²) in [5, 5.41) is 5.12. The number of ether oxygens (including phenoxy) is 1. The van der Waals surface area contributed by atoms with E-state index >= 15 is 0 Å². The van der Waals surface area contributed by atoms with E-state index in [9.17, 15) is 24.0 Å². The van der Waals surface area contributed by atoms with Crippen molar-refractivity contribution in [3.05, 3.63) is 64.7 Å². The Hall–Kier alpha value is -3.89. The number of hydrogen-bond acceptors (Lipinski definition) is 8. The standard InChI is InChI=1S/C17H20N2O6.C9H14N2.C3H8.C2H6/c1-12(6-7-15(23)18-11-22)19(2)17(24)16-13(10-21)4-3-5-14(16)25-9-8-20;1-11-7-9-4-2-8(6-10)3-5-9;1-3-2;1-2/h3-5,8,10-12H,6-7,9H2,1-2H3,(H,18,22,23);2-5,11H,6-7,10H2,1H3;3H2,1-2H3;1-2H3. The van der Waals surface area contributed by atoms with Gasteiger partial charge in [0, 0.05) is 38.2 Å². The summed E-state index contributed by atoms with van der Waals surface area (Å²) in [4.78, 5) is 57.5. The number of nitrogens with one attached hydrogen (secondary N) is 2. The van der Waals surface area contributed by atoms with Crippen LogP contribution in [-0.4, -0.2) is 62.4 Å². The number of benzene rings is 2. The Morgan fingerprint density at radius 3 is 2.10 bits per heavy atom. The molecule has 1 atom stereocenters. The first kappa shape index (κ1) is 39.3. The summed E-state index contributed by atoms with van der Waals surface area (Å²) in [5.41, 5.74) is 8.15. The van der Waals surface area contributed by atoms with E-state index in [1.807, 2.05) is 26.2 Å². The van der Waals surface area contributed by atoms with Crippen molar-refractivity contribution in [2.24, 2.45) is 5.73 Å². The smallest absolute Gasteiger partial charge is 0.258 e. The lowest BCUT2D eigenvalue weighted by molar-refractivity contribution is -0.125. The molecule has 1 unspecified atom stereocenters. The minimum atomic E-state index is -0.466. The Balaban J connectivity index is 0. The molecule has 228 valence electrons. The number of nitrogens with zero attached hydrogens (tertiary/aromatic N) is 1. The zero-order valence-corrected chi connectivity index (χ0v) is 25.6. The van der Waals surface area contributed by atoms with Crippen LogP contribution in [0, 0.1) is 0 Å². The van der Waals surface area contributed by atoms with Crippen molar-refractivity contribution < 1.29 is 28.7 Å². The average Bonchev–Trinajstić information content (AvgIpc) is 3.00. The number of carbonyl (C=O) groups is 5. The SMILES string of the molecule is CC.CC(CCC(=O)NC=O)N(C)C(=O)c1c(C=O)cccc1OCC=O.CCC.CNCc1ccc(CN)cc1. The molecule has 2 rings (SSSR count). The molecule has 0 saturated carbocycles. The lowest BCUT2D eigenvalue weighted by atomic mass is 10.0. The number of hydrogen-bond donors (Lipinski definition) is 3. The first-order valence-corrected chi connectivity index (χ1v) is 13.8. The Labute approximate surface area is 245 Å². The molecule has 4 N–H and O–H groups in total. The van der Waals surface area contributed by atoms with E-state index in [2.05, 4.69) is 43.4 Å². The minimum absolute atomic E-state index is 0.0612. The van der Waals surface area contributed by atoms with Gasteiger partial charge < -0.3 is 20.7 Å². The molecule has 0 fully saturated rings. The second kappa shape index (κ2) is 25.1. The van der Waals surface area contributed by atoms with E-state index in [-0.39, 0.29) is 35.9 Å². The number of carbonyl (C=O) groups excluding carboxylic acids is 5. The summed E-state index contributed by atoms with van der Waals surface area (Å²) in [5.74, 6) is -0.766. The van der Waals surface area contributed by atoms with Gasteiger partial charge in [-0.05, 0) is 37.6 Å². The molecule has 2 aromatic rings. The van der Waals surface area contributed by atoms with Crippen LogP contribution in [0.1, 0.15) is 85.7 Å². The van der Waals surface area contributed by atoms with Crippen LogP contribution in [0.4, 0.5) is 0 Å². The summed E-state index contributed by atoms with van der Waals surface area (Å²) in [6.45, 7) is 11.3. The van der Waals surface area contributed by atoms with Gasteiger partial charge in [0.15, 0.2) is 12.6 Å². The third kappa shape index (κ3) is 16.1. The normalized spacial score (nSPS) is 10.0. The molecule has 0 aliphatic heterocycles. The molecule has 0 aromatic heterocycles. The fourth-order valence-corrected chi connectivity index (χ4v) is 3.16. The maximum absolute atomic E-state index is 12.8. The molecular weight excluding hydrogens is 524 g/mol. The van der Waals surface area contributed by atoms with Gasteiger partial charge in [-0.3, -0.25) is 29.3 Å². The van der Waals surface area contributed by atoms with Crippen LogP contribution in [0.3, 0.4) is 0 Å². The van der Waals surface area contributed by atoms with Gasteiger partial charge >= 0.3 is 0 Å². The van der Waals surface area contributed by atoms with Gasteiger partial charge in [0.1, 0.15) is 12.4 Å². The molecule has 0 saturated heterocycles. The third-order valence-electron chi connectivity index (χ3n) is 5.34. The molecule has 0 aliphatic rings. The summed E-state index contributed by atoms with van der Waals surface area (Å²) >= 11 is 0. The first-order valence-electron chi connectivity index (χ1n) is 13.8. The van der Waals surface area contributed by atoms with Crippen molar-refractivity contribution in [1.29, 1.82) is 0 Å². The number of rotatable bonds is 13. The Morgan fingerprint density at radius 1 is 1.02 bits per heavy atom. The fraction of sp³-hybridized carbons (Fsp3) is 0.452. The van der Waals surface area contributed by atoms with E-state index in [0.717, 1.165) is 6.54 Å². The molecule has 0 radical (unpaired) electrons. The Kier molecular flexibility index (Phi) is 24.0. The molecule has 0 heterocycles. The zero-order chi connectivity index (χ0) is 31.6. The lowest BCUT2D eigenvalue weighted by Gasteiger charge is -2.26. The highest BCUT2D eigenvalue weighted by Gasteiger charge is 2.24. The number of nitrogens with two attached hydrogens (primary N) is 1. The number of imide groups is 1. The molecular formula is C31H48N4O6. The summed E-state index contributed by atoms with van der Waals surface area (Å²) in [6.07, 6.45) is 3.03. The molecule has 41 heavy (non-hydrogen) atoms. The van der Waals surface area contributed by atoms with Crippen LogP contribution in [0.2, 0.25) is 0 Å². The number of amides is 3. The van der Waals surface area contributed by atoms with Gasteiger partial charge in [-0.1, -0.05) is 70.5 Å². The summed E-state index contributed by atoms with van der Waals surface area (Å²) in [6, 6.07) is 12.5. The molecule has 0 bridgehead atoms. The minimum Gasteiger partial charge on any atom is -0.485 e. The Bertz CT molecular complexity index is 1030. The largest absolute Gasteiger partial charge is 0.485 e. The van der Waals surface area contributed by atoms with Crippen molar-refractivity contribution in [1.82, 2.24) is 15.5 Å². The van der Waals surface area contributed by atoms with Gasteiger partial charge in [0.25, 0.3) is 5.91 Å². The van der Waals surface area contributed by atoms with E-state index in [4.69, 9.17) is 10.5 Å². The van der Waals surface area contributed by atoms with Crippen molar-refractivity contribution in [2.75, 3.05) is 20.7 Å². The van der Waals surface area contributed by atoms with Crippen LogP contribution in [0.25, 0.3) is 0 Å². The van der Waals surface area contributed by atoms with E-state index in [0.29, 0.717) is 31.9 Å². The highest BCUT2D eigenvalue weighted by molar-refractivity contribution is 6.04. The molecule has 10 nitrogen and oxygen atoms in total. The quantitative estimate of drug-likeness (QED) is 0.306. The van der Waals surface area contributed by atoms with Gasteiger partial charge in [0.05, 0.1) is 5.56 Å². The second-order valence-corrected chi connectivity index (χ2v) is 8.56. The summed E-state index contributed by atoms with van der Waals surface area (Å²) in [7, 11) is 3.48. The topological polar surface area (TPSA) is 148 Å². The van der Waals surface area contributed by atoms with E-state index in [1.54, 1.807) is 13.0 Å². The number of aldehydes is 2. The first-order chi connectivity index (χ1) is 19.7. The third-order valence-corrected chi connectivity index (χ3v) is 5.34. The Morgan fingerprint density at radius 2 is 1.61 bits per heavy atom. The lowest BCUT2D eigenvalue weighted by Crippen LogP contribution is -2.37. The zero-order valence-electron chi connectivity index (χ0n) is 25.6. The van der Waals surface area contributed by atoms with Gasteiger partial charge in [-0.25, -0.2) is 0 Å². The fourth-order valence-electron chi connectivity index (χ4n) is 3.16. The molecule has 0 spiro atoms. The highest BCUT2D eigenvalue weighted by atomic mass is 16.5. The van der Waals surface area contributed by atoms with Crippen molar-refractivity contribution in [3.8, 4) is 5.75 Å². The maximum atomic E-state index is 12.8. The van der Waals surface area contributed by atoms with E-state index < -0.39 is 11.8 Å². The summed E-state index contributed by atoms with van der Waals surface area (Å²) < 4.78 is 5.23. The predicted molar refractivity (Wildman–Crippen MR) is 163 cm³/mol. The van der Waals surface area contributed by atoms with Crippen LogP contribution in [-0.2, 0) is 27.5 Å². The average molecular weight is 573 g/mol. The second-order valence-electron chi connectivity index (χ2n) is 8.56. The van der Waals surface area contributed by atoms with Crippen LogP contribution >= 0.6 is 0 Å². The van der Waals surface area contributed by atoms with Crippen LogP contribution in [0.5, 0.6) is 5.75 Å². The van der Waals surface area contributed by atoms with Crippen LogP contribution in [0.15, 0.2) is 42.5 Å². The maximum Gasteiger partial charge on any atom is 0.258 e. The molecule has 10 heteroatoms. The van der Waals surface area contributed by atoms with Gasteiger partial charge in [-0.15, -0.1) is 0 Å². The van der Waals surface area contributed by atoms with E-state index in [1.165, 1.54) is 41.6 Å². The van der Waals surface area contributed by atoms with Gasteiger partial charge in [-0.2, -0.15) is 0 Å². The monoisotopic (exact) mass is 572 g/mol. The van der Waals surface area contributed by atoms with Crippen LogP contribution < -0.4 is 21.1 Å². The van der Waals surface area contributed by atoms with Crippen molar-refractivity contribution in [2.45, 2.75) is 73.0 Å². The van der Waals surface area contributed by atoms with Crippen molar-refractivity contribution in [3.63, 3.8) is 0 Å². The highest BCUT2D eigenvalue weighted by Crippen LogP contribution is 2.24. The van der Waals surface area contributed by atoms with Gasteiger partial charge in [0.2, 0.25) is 12.3 Å². The predicted octanol–water partition coefficient (Wildman–Crippen LogP) is 3.90. The molecule has 0 aliphatic carbocycles. The van der Waals surface area contributed by atoms with Crippen molar-refractivity contribution >= 4 is 30.8 Å². The molecule has 3 amide bonds. The molecule has 2 aromatic carbocycles.